The topological polar surface area (TPSA) is 85.8 Å². The van der Waals surface area contributed by atoms with E-state index in [1.165, 1.54) is 24.2 Å². The molecule has 2 unspecified atom stereocenters. The number of guanidine groups is 1. The molecule has 1 fully saturated rings. The van der Waals surface area contributed by atoms with Crippen LogP contribution < -0.4 is 16.0 Å². The van der Waals surface area contributed by atoms with Crippen molar-refractivity contribution in [2.45, 2.75) is 65.0 Å². The van der Waals surface area contributed by atoms with Crippen LogP contribution in [0, 0.1) is 5.92 Å². The quantitative estimate of drug-likeness (QED) is 0.317. The molecule has 0 aromatic carbocycles. The van der Waals surface area contributed by atoms with Crippen LogP contribution in [0.2, 0.25) is 0 Å². The highest BCUT2D eigenvalue weighted by atomic mass is 127. The monoisotopic (exact) mass is 481 g/mol. The van der Waals surface area contributed by atoms with Gasteiger partial charge in [-0.25, -0.2) is 4.99 Å². The fourth-order valence-electron chi connectivity index (χ4n) is 2.78. The van der Waals surface area contributed by atoms with Gasteiger partial charge in [-0.2, -0.15) is 0 Å². The molecule has 0 bridgehead atoms. The molecule has 1 aliphatic carbocycles. The third-order valence-electron chi connectivity index (χ3n) is 4.23. The third kappa shape index (κ3) is 10.2. The van der Waals surface area contributed by atoms with Gasteiger partial charge in [0.25, 0.3) is 0 Å². The molecule has 26 heavy (non-hydrogen) atoms. The summed E-state index contributed by atoms with van der Waals surface area (Å²) in [7, 11) is 3.43. The Hall–Kier alpha value is -1.06. The van der Waals surface area contributed by atoms with Crippen molar-refractivity contribution in [3.63, 3.8) is 0 Å². The number of halogens is 1. The second kappa shape index (κ2) is 11.6. The lowest BCUT2D eigenvalue weighted by Gasteiger charge is -2.31. The number of nitrogens with one attached hydrogen (secondary N) is 3. The number of aliphatic imine (C=N–C) groups is 1. The van der Waals surface area contributed by atoms with Gasteiger partial charge in [0.15, 0.2) is 5.96 Å². The number of amides is 2. The second-order valence-electron chi connectivity index (χ2n) is 8.12. The Bertz CT molecular complexity index is 488. The van der Waals surface area contributed by atoms with Gasteiger partial charge in [-0.05, 0) is 39.5 Å². The fraction of sp³-hybridized carbons (Fsp3) is 0.833. The van der Waals surface area contributed by atoms with Gasteiger partial charge < -0.3 is 20.9 Å². The third-order valence-corrected chi connectivity index (χ3v) is 4.23. The van der Waals surface area contributed by atoms with E-state index in [2.05, 4.69) is 27.9 Å². The zero-order valence-corrected chi connectivity index (χ0v) is 19.3. The maximum absolute atomic E-state index is 12.0. The van der Waals surface area contributed by atoms with Crippen molar-refractivity contribution in [1.82, 2.24) is 20.9 Å². The number of carbonyl (C=O) groups is 2. The van der Waals surface area contributed by atoms with Crippen molar-refractivity contribution in [2.75, 3.05) is 27.2 Å². The number of carbonyl (C=O) groups excluding carboxylic acids is 2. The van der Waals surface area contributed by atoms with Gasteiger partial charge in [0.2, 0.25) is 11.8 Å². The average Bonchev–Trinajstić information content (AvgIpc) is 2.49. The molecule has 1 aliphatic rings. The number of hydrogen-bond donors (Lipinski definition) is 3. The fourth-order valence-corrected chi connectivity index (χ4v) is 2.78. The minimum atomic E-state index is -0.285. The van der Waals surface area contributed by atoms with Crippen LogP contribution in [-0.2, 0) is 9.59 Å². The van der Waals surface area contributed by atoms with Gasteiger partial charge >= 0.3 is 0 Å². The Morgan fingerprint density at radius 1 is 1.15 bits per heavy atom. The van der Waals surface area contributed by atoms with Crippen LogP contribution in [0.1, 0.15) is 53.4 Å². The molecule has 152 valence electrons. The lowest BCUT2D eigenvalue weighted by atomic mass is 9.86. The zero-order chi connectivity index (χ0) is 19.0. The molecule has 8 heteroatoms. The van der Waals surface area contributed by atoms with Gasteiger partial charge in [0, 0.05) is 25.7 Å². The van der Waals surface area contributed by atoms with Gasteiger partial charge in [-0.1, -0.05) is 19.8 Å². The summed E-state index contributed by atoms with van der Waals surface area (Å²) in [6.45, 7) is 8.22. The highest BCUT2D eigenvalue weighted by Gasteiger charge is 2.22. The first-order chi connectivity index (χ1) is 11.6. The maximum Gasteiger partial charge on any atom is 0.242 e. The molecule has 2 amide bonds. The van der Waals surface area contributed by atoms with Crippen molar-refractivity contribution in [1.29, 1.82) is 0 Å². The van der Waals surface area contributed by atoms with E-state index in [-0.39, 0.29) is 54.4 Å². The molecule has 1 rings (SSSR count). The molecular weight excluding hydrogens is 445 g/mol. The van der Waals surface area contributed by atoms with E-state index in [1.54, 1.807) is 14.1 Å². The van der Waals surface area contributed by atoms with Crippen LogP contribution in [0.5, 0.6) is 0 Å². The van der Waals surface area contributed by atoms with Crippen molar-refractivity contribution in [2.24, 2.45) is 10.9 Å². The summed E-state index contributed by atoms with van der Waals surface area (Å²) in [5.41, 5.74) is -0.285. The Morgan fingerprint density at radius 2 is 1.77 bits per heavy atom. The summed E-state index contributed by atoms with van der Waals surface area (Å²) >= 11 is 0. The summed E-state index contributed by atoms with van der Waals surface area (Å²) in [5, 5.41) is 9.35. The van der Waals surface area contributed by atoms with Gasteiger partial charge in [0.05, 0.1) is 6.54 Å². The van der Waals surface area contributed by atoms with Gasteiger partial charge in [0.1, 0.15) is 6.54 Å². The minimum absolute atomic E-state index is 0. The highest BCUT2D eigenvalue weighted by molar-refractivity contribution is 14.0. The Kier molecular flexibility index (Phi) is 11.1. The first-order valence-corrected chi connectivity index (χ1v) is 9.14. The standard InChI is InChI=1S/C18H35N5O2.HI/c1-13-9-7-8-10-14(13)21-17(20-12-16(25)23(5)6)19-11-15(24)22-18(2,3)4;/h13-14H,7-12H2,1-6H3,(H,22,24)(H2,19,20,21);1H. The lowest BCUT2D eigenvalue weighted by Crippen LogP contribution is -2.50. The molecule has 3 N–H and O–H groups in total. The lowest BCUT2D eigenvalue weighted by molar-refractivity contribution is -0.127. The Balaban J connectivity index is 0.00000625. The summed E-state index contributed by atoms with van der Waals surface area (Å²) in [6, 6.07) is 0.320. The van der Waals surface area contributed by atoms with E-state index in [0.29, 0.717) is 17.9 Å². The van der Waals surface area contributed by atoms with E-state index in [1.807, 2.05) is 20.8 Å². The number of rotatable bonds is 5. The smallest absolute Gasteiger partial charge is 0.242 e. The molecule has 0 aromatic heterocycles. The Morgan fingerprint density at radius 3 is 2.31 bits per heavy atom. The van der Waals surface area contributed by atoms with Gasteiger partial charge in [-0.15, -0.1) is 24.0 Å². The summed E-state index contributed by atoms with van der Waals surface area (Å²) in [5.74, 6) is 0.904. The molecule has 0 radical (unpaired) electrons. The largest absolute Gasteiger partial charge is 0.353 e. The molecule has 2 atom stereocenters. The Labute approximate surface area is 175 Å². The van der Waals surface area contributed by atoms with Crippen molar-refractivity contribution in [3.8, 4) is 0 Å². The zero-order valence-electron chi connectivity index (χ0n) is 17.0. The SMILES string of the molecule is CC1CCCCC1NC(=NCC(=O)NC(C)(C)C)NCC(=O)N(C)C.I. The predicted octanol–water partition coefficient (Wildman–Crippen LogP) is 1.72. The van der Waals surface area contributed by atoms with E-state index in [9.17, 15) is 9.59 Å². The molecule has 0 spiro atoms. The molecule has 1 saturated carbocycles. The normalized spacial score (nSPS) is 20.6. The predicted molar refractivity (Wildman–Crippen MR) is 117 cm³/mol. The highest BCUT2D eigenvalue weighted by Crippen LogP contribution is 2.23. The molecule has 0 aliphatic heterocycles. The van der Waals surface area contributed by atoms with Crippen molar-refractivity contribution < 1.29 is 9.59 Å². The number of nitrogens with zero attached hydrogens (tertiary/aromatic N) is 2. The molecule has 7 nitrogen and oxygen atoms in total. The van der Waals surface area contributed by atoms with Crippen molar-refractivity contribution >= 4 is 41.8 Å². The number of hydrogen-bond acceptors (Lipinski definition) is 3. The molecular formula is C18H36IN5O2. The molecule has 0 saturated heterocycles. The maximum atomic E-state index is 12.0. The molecule has 0 heterocycles. The van der Waals surface area contributed by atoms with Crippen LogP contribution in [-0.4, -0.2) is 61.4 Å². The number of likely N-dealkylation sites (N-methyl/N-ethyl adjacent to an activating group) is 1. The first kappa shape index (κ1) is 24.9. The van der Waals surface area contributed by atoms with Crippen LogP contribution >= 0.6 is 24.0 Å². The van der Waals surface area contributed by atoms with Gasteiger partial charge in [-0.3, -0.25) is 9.59 Å². The molecule has 0 aromatic rings. The van der Waals surface area contributed by atoms with Crippen LogP contribution in [0.4, 0.5) is 0 Å². The van der Waals surface area contributed by atoms with E-state index in [0.717, 1.165) is 6.42 Å². The summed E-state index contributed by atoms with van der Waals surface area (Å²) in [4.78, 5) is 29.8. The van der Waals surface area contributed by atoms with Crippen molar-refractivity contribution in [3.05, 3.63) is 0 Å². The van der Waals surface area contributed by atoms with Crippen LogP contribution in [0.25, 0.3) is 0 Å². The minimum Gasteiger partial charge on any atom is -0.353 e. The van der Waals surface area contributed by atoms with E-state index >= 15 is 0 Å². The first-order valence-electron chi connectivity index (χ1n) is 9.14. The second-order valence-corrected chi connectivity index (χ2v) is 8.12. The summed E-state index contributed by atoms with van der Waals surface area (Å²) in [6.07, 6.45) is 4.71. The van der Waals surface area contributed by atoms with Crippen LogP contribution in [0.15, 0.2) is 4.99 Å². The average molecular weight is 481 g/mol. The van der Waals surface area contributed by atoms with E-state index in [4.69, 9.17) is 0 Å². The van der Waals surface area contributed by atoms with E-state index < -0.39 is 0 Å². The van der Waals surface area contributed by atoms with Crippen LogP contribution in [0.3, 0.4) is 0 Å². The summed E-state index contributed by atoms with van der Waals surface area (Å²) < 4.78 is 0.